The quantitative estimate of drug-likeness (QED) is 0.760. The van der Waals surface area contributed by atoms with E-state index in [1.165, 1.54) is 5.56 Å². The smallest absolute Gasteiger partial charge is 0.161 e. The summed E-state index contributed by atoms with van der Waals surface area (Å²) in [5, 5.41) is 0. The van der Waals surface area contributed by atoms with Crippen LogP contribution in [0.2, 0.25) is 0 Å². The monoisotopic (exact) mass is 301 g/mol. The van der Waals surface area contributed by atoms with Gasteiger partial charge in [-0.3, -0.25) is 0 Å². The molecule has 2 aromatic rings. The molecule has 0 saturated carbocycles. The minimum atomic E-state index is 0.454. The van der Waals surface area contributed by atoms with E-state index < -0.39 is 0 Å². The van der Waals surface area contributed by atoms with Gasteiger partial charge in [-0.15, -0.1) is 0 Å². The first-order chi connectivity index (χ1) is 10.7. The van der Waals surface area contributed by atoms with E-state index in [0.717, 1.165) is 17.1 Å². The second-order valence-corrected chi connectivity index (χ2v) is 4.93. The van der Waals surface area contributed by atoms with Crippen molar-refractivity contribution in [2.45, 2.75) is 20.4 Å². The fourth-order valence-electron chi connectivity index (χ4n) is 2.08. The van der Waals surface area contributed by atoms with Crippen LogP contribution >= 0.6 is 0 Å². The first-order valence-electron chi connectivity index (χ1n) is 7.51. The van der Waals surface area contributed by atoms with E-state index in [0.29, 0.717) is 32.1 Å². The van der Waals surface area contributed by atoms with E-state index in [9.17, 15) is 0 Å². The highest BCUT2D eigenvalue weighted by Crippen LogP contribution is 2.28. The van der Waals surface area contributed by atoms with Gasteiger partial charge in [0.2, 0.25) is 0 Å². The van der Waals surface area contributed by atoms with Gasteiger partial charge >= 0.3 is 0 Å². The van der Waals surface area contributed by atoms with Gasteiger partial charge in [-0.2, -0.15) is 0 Å². The molecule has 0 spiro atoms. The first-order valence-corrected chi connectivity index (χ1v) is 7.51. The summed E-state index contributed by atoms with van der Waals surface area (Å²) in [7, 11) is 0. The van der Waals surface area contributed by atoms with Crippen LogP contribution in [0.15, 0.2) is 42.5 Å². The third kappa shape index (κ3) is 4.67. The number of rotatable bonds is 8. The number of ether oxygens (including phenoxy) is 3. The molecule has 4 heteroatoms. The standard InChI is InChI=1S/C18H23NO3/c1-3-20-18-12-15(13-19)7-8-17(18)22-10-9-21-16-6-4-5-14(2)11-16/h4-8,11-12H,3,9-10,13,19H2,1-2H3. The van der Waals surface area contributed by atoms with Crippen LogP contribution in [0, 0.1) is 6.92 Å². The Hall–Kier alpha value is -2.20. The molecule has 0 aliphatic heterocycles. The number of benzene rings is 2. The maximum Gasteiger partial charge on any atom is 0.161 e. The molecule has 0 aromatic heterocycles. The van der Waals surface area contributed by atoms with Crippen molar-refractivity contribution in [2.24, 2.45) is 5.73 Å². The van der Waals surface area contributed by atoms with Crippen LogP contribution in [0.5, 0.6) is 17.2 Å². The van der Waals surface area contributed by atoms with Crippen molar-refractivity contribution in [1.29, 1.82) is 0 Å². The van der Waals surface area contributed by atoms with Crippen molar-refractivity contribution in [3.63, 3.8) is 0 Å². The Morgan fingerprint density at radius 3 is 2.45 bits per heavy atom. The van der Waals surface area contributed by atoms with Gasteiger partial charge in [0, 0.05) is 6.54 Å². The number of nitrogens with two attached hydrogens (primary N) is 1. The lowest BCUT2D eigenvalue weighted by Gasteiger charge is -2.13. The molecule has 2 N–H and O–H groups in total. The molecule has 2 aromatic carbocycles. The van der Waals surface area contributed by atoms with Crippen LogP contribution < -0.4 is 19.9 Å². The van der Waals surface area contributed by atoms with E-state index in [4.69, 9.17) is 19.9 Å². The van der Waals surface area contributed by atoms with E-state index in [1.807, 2.05) is 56.3 Å². The van der Waals surface area contributed by atoms with E-state index in [2.05, 4.69) is 0 Å². The Labute approximate surface area is 131 Å². The molecular formula is C18H23NO3. The molecular weight excluding hydrogens is 278 g/mol. The summed E-state index contributed by atoms with van der Waals surface area (Å²) < 4.78 is 17.0. The van der Waals surface area contributed by atoms with Crippen molar-refractivity contribution in [3.8, 4) is 17.2 Å². The van der Waals surface area contributed by atoms with Crippen molar-refractivity contribution in [3.05, 3.63) is 53.6 Å². The van der Waals surface area contributed by atoms with Crippen molar-refractivity contribution >= 4 is 0 Å². The Kier molecular flexibility index (Phi) is 6.10. The van der Waals surface area contributed by atoms with Gasteiger partial charge in [0.1, 0.15) is 19.0 Å². The number of hydrogen-bond donors (Lipinski definition) is 1. The van der Waals surface area contributed by atoms with E-state index in [1.54, 1.807) is 0 Å². The van der Waals surface area contributed by atoms with Gasteiger partial charge in [-0.25, -0.2) is 0 Å². The fraction of sp³-hybridized carbons (Fsp3) is 0.333. The van der Waals surface area contributed by atoms with E-state index in [-0.39, 0.29) is 0 Å². The fourth-order valence-corrected chi connectivity index (χ4v) is 2.08. The van der Waals surface area contributed by atoms with Gasteiger partial charge in [-0.1, -0.05) is 18.2 Å². The molecule has 0 atom stereocenters. The second kappa shape index (κ2) is 8.29. The third-order valence-corrected chi connectivity index (χ3v) is 3.14. The zero-order chi connectivity index (χ0) is 15.8. The van der Waals surface area contributed by atoms with Crippen LogP contribution in [0.1, 0.15) is 18.1 Å². The summed E-state index contributed by atoms with van der Waals surface area (Å²) in [6.45, 7) is 5.99. The Morgan fingerprint density at radius 1 is 0.909 bits per heavy atom. The summed E-state index contributed by atoms with van der Waals surface area (Å²) in [6, 6.07) is 13.7. The highest BCUT2D eigenvalue weighted by atomic mass is 16.5. The molecule has 0 amide bonds. The van der Waals surface area contributed by atoms with Gasteiger partial charge < -0.3 is 19.9 Å². The molecule has 0 radical (unpaired) electrons. The minimum Gasteiger partial charge on any atom is -0.490 e. The molecule has 22 heavy (non-hydrogen) atoms. The third-order valence-electron chi connectivity index (χ3n) is 3.14. The van der Waals surface area contributed by atoms with Crippen LogP contribution in [0.4, 0.5) is 0 Å². The van der Waals surface area contributed by atoms with Crippen LogP contribution in [-0.2, 0) is 6.54 Å². The predicted octanol–water partition coefficient (Wildman–Crippen LogP) is 3.31. The predicted molar refractivity (Wildman–Crippen MR) is 87.7 cm³/mol. The molecule has 2 rings (SSSR count). The Balaban J connectivity index is 1.88. The lowest BCUT2D eigenvalue weighted by Crippen LogP contribution is -2.10. The molecule has 0 aliphatic rings. The van der Waals surface area contributed by atoms with Gasteiger partial charge in [0.25, 0.3) is 0 Å². The SMILES string of the molecule is CCOc1cc(CN)ccc1OCCOc1cccc(C)c1. The highest BCUT2D eigenvalue weighted by molar-refractivity contribution is 5.43. The lowest BCUT2D eigenvalue weighted by atomic mass is 10.2. The summed E-state index contributed by atoms with van der Waals surface area (Å²) in [5.41, 5.74) is 7.84. The van der Waals surface area contributed by atoms with Gasteiger partial charge in [-0.05, 0) is 49.2 Å². The highest BCUT2D eigenvalue weighted by Gasteiger charge is 2.06. The molecule has 0 unspecified atom stereocenters. The van der Waals surface area contributed by atoms with Crippen LogP contribution in [-0.4, -0.2) is 19.8 Å². The van der Waals surface area contributed by atoms with E-state index >= 15 is 0 Å². The zero-order valence-electron chi connectivity index (χ0n) is 13.2. The molecule has 0 bridgehead atoms. The maximum atomic E-state index is 5.75. The summed E-state index contributed by atoms with van der Waals surface area (Å²) in [6.07, 6.45) is 0. The van der Waals surface area contributed by atoms with Crippen molar-refractivity contribution in [2.75, 3.05) is 19.8 Å². The molecule has 0 saturated heterocycles. The average molecular weight is 301 g/mol. The Morgan fingerprint density at radius 2 is 1.73 bits per heavy atom. The van der Waals surface area contributed by atoms with Crippen LogP contribution in [0.3, 0.4) is 0 Å². The topological polar surface area (TPSA) is 53.7 Å². The molecule has 0 fully saturated rings. The average Bonchev–Trinajstić information content (AvgIpc) is 2.53. The largest absolute Gasteiger partial charge is 0.490 e. The van der Waals surface area contributed by atoms with Crippen molar-refractivity contribution in [1.82, 2.24) is 0 Å². The lowest BCUT2D eigenvalue weighted by molar-refractivity contribution is 0.208. The maximum absolute atomic E-state index is 5.75. The van der Waals surface area contributed by atoms with Crippen molar-refractivity contribution < 1.29 is 14.2 Å². The minimum absolute atomic E-state index is 0.454. The molecule has 118 valence electrons. The molecule has 0 heterocycles. The first kappa shape index (κ1) is 16.2. The summed E-state index contributed by atoms with van der Waals surface area (Å²) in [5.74, 6) is 2.29. The van der Waals surface area contributed by atoms with Crippen LogP contribution in [0.25, 0.3) is 0 Å². The molecule has 4 nitrogen and oxygen atoms in total. The number of hydrogen-bond acceptors (Lipinski definition) is 4. The van der Waals surface area contributed by atoms with Gasteiger partial charge in [0.15, 0.2) is 11.5 Å². The zero-order valence-corrected chi connectivity index (χ0v) is 13.2. The van der Waals surface area contributed by atoms with Gasteiger partial charge in [0.05, 0.1) is 6.61 Å². The summed E-state index contributed by atoms with van der Waals surface area (Å²) in [4.78, 5) is 0. The summed E-state index contributed by atoms with van der Waals surface area (Å²) >= 11 is 0. The molecule has 0 aliphatic carbocycles. The Bertz CT molecular complexity index is 599. The number of aryl methyl sites for hydroxylation is 1. The second-order valence-electron chi connectivity index (χ2n) is 4.93. The normalized spacial score (nSPS) is 10.3.